The molecule has 0 spiro atoms. The highest BCUT2D eigenvalue weighted by Gasteiger charge is 2.53. The Morgan fingerprint density at radius 2 is 2.12 bits per heavy atom. The van der Waals surface area contributed by atoms with E-state index in [-0.39, 0.29) is 0 Å². The van der Waals surface area contributed by atoms with E-state index in [2.05, 4.69) is 33.0 Å². The lowest BCUT2D eigenvalue weighted by Crippen LogP contribution is -2.24. The summed E-state index contributed by atoms with van der Waals surface area (Å²) < 4.78 is 1.05. The second-order valence-electron chi connectivity index (χ2n) is 5.44. The van der Waals surface area contributed by atoms with Gasteiger partial charge in [-0.25, -0.2) is 0 Å². The van der Waals surface area contributed by atoms with Gasteiger partial charge >= 0.3 is 0 Å². The fraction of sp³-hybridized carbons (Fsp3) is 0.615. The molecule has 2 atom stereocenters. The van der Waals surface area contributed by atoms with Crippen LogP contribution in [-0.4, -0.2) is 10.9 Å². The zero-order valence-electron chi connectivity index (χ0n) is 9.13. The standard InChI is InChI=1S/C13H15BrClN/c14-11-1-2-12(16-7-11)6-13(8-15)4-9-3-10(9)5-13/h1-2,7,9-10H,3-6,8H2. The van der Waals surface area contributed by atoms with Gasteiger partial charge in [0.1, 0.15) is 0 Å². The SMILES string of the molecule is ClCC1(Cc2ccc(Br)cn2)CC2CC2C1. The lowest BCUT2D eigenvalue weighted by molar-refractivity contribution is 0.300. The second kappa shape index (κ2) is 3.99. The second-order valence-corrected chi connectivity index (χ2v) is 6.63. The van der Waals surface area contributed by atoms with Gasteiger partial charge in [-0.2, -0.15) is 0 Å². The molecule has 2 unspecified atom stereocenters. The first kappa shape index (κ1) is 11.0. The first-order chi connectivity index (χ1) is 7.71. The van der Waals surface area contributed by atoms with Crippen LogP contribution in [0.15, 0.2) is 22.8 Å². The lowest BCUT2D eigenvalue weighted by Gasteiger charge is -2.28. The average molecular weight is 301 g/mol. The molecular formula is C13H15BrClN. The van der Waals surface area contributed by atoms with Crippen LogP contribution in [-0.2, 0) is 6.42 Å². The van der Waals surface area contributed by atoms with E-state index in [1.165, 1.54) is 25.0 Å². The number of rotatable bonds is 3. The van der Waals surface area contributed by atoms with Crippen molar-refractivity contribution in [3.63, 3.8) is 0 Å². The molecule has 0 aliphatic heterocycles. The Labute approximate surface area is 110 Å². The molecule has 1 aromatic heterocycles. The molecule has 1 heterocycles. The minimum Gasteiger partial charge on any atom is -0.260 e. The molecule has 1 nitrogen and oxygen atoms in total. The van der Waals surface area contributed by atoms with Crippen molar-refractivity contribution in [2.75, 3.05) is 5.88 Å². The molecule has 1 aromatic rings. The number of halogens is 2. The van der Waals surface area contributed by atoms with Gasteiger partial charge in [0.15, 0.2) is 0 Å². The van der Waals surface area contributed by atoms with E-state index in [0.717, 1.165) is 28.6 Å². The summed E-state index contributed by atoms with van der Waals surface area (Å²) in [5, 5.41) is 0. The van der Waals surface area contributed by atoms with Gasteiger partial charge in [0.2, 0.25) is 0 Å². The third kappa shape index (κ3) is 2.02. The average Bonchev–Trinajstić information content (AvgIpc) is 2.91. The summed E-state index contributed by atoms with van der Waals surface area (Å²) in [6, 6.07) is 4.18. The van der Waals surface area contributed by atoms with Crippen LogP contribution in [0.5, 0.6) is 0 Å². The van der Waals surface area contributed by atoms with Crippen molar-refractivity contribution in [3.8, 4) is 0 Å². The fourth-order valence-electron chi connectivity index (χ4n) is 3.20. The quantitative estimate of drug-likeness (QED) is 0.768. The first-order valence-corrected chi connectivity index (χ1v) is 7.20. The highest BCUT2D eigenvalue weighted by Crippen LogP contribution is 2.61. The predicted molar refractivity (Wildman–Crippen MR) is 69.6 cm³/mol. The van der Waals surface area contributed by atoms with E-state index in [0.29, 0.717) is 5.41 Å². The number of nitrogens with zero attached hydrogens (tertiary/aromatic N) is 1. The molecule has 0 aromatic carbocycles. The maximum atomic E-state index is 6.19. The van der Waals surface area contributed by atoms with Crippen LogP contribution in [0.25, 0.3) is 0 Å². The van der Waals surface area contributed by atoms with Gasteiger partial charge in [-0.1, -0.05) is 0 Å². The van der Waals surface area contributed by atoms with E-state index < -0.39 is 0 Å². The molecule has 16 heavy (non-hydrogen) atoms. The summed E-state index contributed by atoms with van der Waals surface area (Å²) in [6.45, 7) is 0. The van der Waals surface area contributed by atoms with Crippen molar-refractivity contribution in [3.05, 3.63) is 28.5 Å². The number of aromatic nitrogens is 1. The molecule has 0 amide bonds. The van der Waals surface area contributed by atoms with Crippen molar-refractivity contribution < 1.29 is 0 Å². The highest BCUT2D eigenvalue weighted by atomic mass is 79.9. The Balaban J connectivity index is 1.75. The van der Waals surface area contributed by atoms with Crippen LogP contribution >= 0.6 is 27.5 Å². The van der Waals surface area contributed by atoms with Gasteiger partial charge in [0.25, 0.3) is 0 Å². The zero-order valence-corrected chi connectivity index (χ0v) is 11.5. The highest BCUT2D eigenvalue weighted by molar-refractivity contribution is 9.10. The number of fused-ring (bicyclic) bond motifs is 1. The van der Waals surface area contributed by atoms with E-state index >= 15 is 0 Å². The summed E-state index contributed by atoms with van der Waals surface area (Å²) >= 11 is 9.61. The molecule has 3 rings (SSSR count). The third-order valence-corrected chi connectivity index (χ3v) is 5.12. The molecule has 0 bridgehead atoms. The van der Waals surface area contributed by atoms with Crippen molar-refractivity contribution in [1.82, 2.24) is 4.98 Å². The monoisotopic (exact) mass is 299 g/mol. The number of alkyl halides is 1. The van der Waals surface area contributed by atoms with Gasteiger partial charge < -0.3 is 0 Å². The molecule has 2 saturated carbocycles. The Morgan fingerprint density at radius 3 is 2.69 bits per heavy atom. The molecule has 2 aliphatic rings. The smallest absolute Gasteiger partial charge is 0.0413 e. The predicted octanol–water partition coefficient (Wildman–Crippen LogP) is 4.04. The minimum atomic E-state index is 0.343. The van der Waals surface area contributed by atoms with Gasteiger partial charge in [0.05, 0.1) is 0 Å². The van der Waals surface area contributed by atoms with Crippen LogP contribution in [0.4, 0.5) is 0 Å². The number of hydrogen-bond acceptors (Lipinski definition) is 1. The van der Waals surface area contributed by atoms with Gasteiger partial charge in [-0.05, 0) is 71.0 Å². The topological polar surface area (TPSA) is 12.9 Å². The third-order valence-electron chi connectivity index (χ3n) is 4.09. The van der Waals surface area contributed by atoms with Crippen molar-refractivity contribution in [1.29, 1.82) is 0 Å². The Morgan fingerprint density at radius 1 is 1.38 bits per heavy atom. The van der Waals surface area contributed by atoms with E-state index in [1.807, 2.05) is 6.20 Å². The Kier molecular flexibility index (Phi) is 2.75. The van der Waals surface area contributed by atoms with E-state index in [9.17, 15) is 0 Å². The van der Waals surface area contributed by atoms with Crippen LogP contribution in [0, 0.1) is 17.3 Å². The summed E-state index contributed by atoms with van der Waals surface area (Å²) in [7, 11) is 0. The fourth-order valence-corrected chi connectivity index (χ4v) is 3.75. The Hall–Kier alpha value is -0.0800. The van der Waals surface area contributed by atoms with Gasteiger partial charge in [0, 0.05) is 22.2 Å². The molecule has 86 valence electrons. The molecule has 2 fully saturated rings. The summed E-state index contributed by atoms with van der Waals surface area (Å²) in [5.41, 5.74) is 1.53. The van der Waals surface area contributed by atoms with Crippen LogP contribution in [0.2, 0.25) is 0 Å². The number of pyridine rings is 1. The largest absolute Gasteiger partial charge is 0.260 e. The van der Waals surface area contributed by atoms with Crippen LogP contribution < -0.4 is 0 Å². The van der Waals surface area contributed by atoms with Gasteiger partial charge in [-0.15, -0.1) is 11.6 Å². The van der Waals surface area contributed by atoms with Crippen LogP contribution in [0.3, 0.4) is 0 Å². The molecule has 3 heteroatoms. The molecule has 0 N–H and O–H groups in total. The normalized spacial score (nSPS) is 36.1. The Bertz CT molecular complexity index is 379. The van der Waals surface area contributed by atoms with E-state index in [1.54, 1.807) is 0 Å². The summed E-state index contributed by atoms with van der Waals surface area (Å²) in [5.74, 6) is 2.75. The zero-order chi connectivity index (χ0) is 11.2. The summed E-state index contributed by atoms with van der Waals surface area (Å²) in [6.07, 6.45) is 7.02. The lowest BCUT2D eigenvalue weighted by atomic mass is 9.80. The van der Waals surface area contributed by atoms with E-state index in [4.69, 9.17) is 11.6 Å². The molecule has 0 saturated heterocycles. The van der Waals surface area contributed by atoms with Crippen molar-refractivity contribution in [2.24, 2.45) is 17.3 Å². The first-order valence-electron chi connectivity index (χ1n) is 5.87. The molecule has 0 radical (unpaired) electrons. The van der Waals surface area contributed by atoms with Crippen molar-refractivity contribution >= 4 is 27.5 Å². The summed E-state index contributed by atoms with van der Waals surface area (Å²) in [4.78, 5) is 4.47. The maximum Gasteiger partial charge on any atom is 0.0413 e. The maximum absolute atomic E-state index is 6.19. The van der Waals surface area contributed by atoms with Crippen LogP contribution in [0.1, 0.15) is 25.0 Å². The van der Waals surface area contributed by atoms with Crippen molar-refractivity contribution in [2.45, 2.75) is 25.7 Å². The molecular weight excluding hydrogens is 286 g/mol. The molecule has 2 aliphatic carbocycles. The number of hydrogen-bond donors (Lipinski definition) is 0. The minimum absolute atomic E-state index is 0.343. The van der Waals surface area contributed by atoms with Gasteiger partial charge in [-0.3, -0.25) is 4.98 Å².